The van der Waals surface area contributed by atoms with Gasteiger partial charge < -0.3 is 0 Å². The number of aromatic nitrogens is 2. The fourth-order valence-corrected chi connectivity index (χ4v) is 8.76. The van der Waals surface area contributed by atoms with Gasteiger partial charge in [0, 0.05) is 31.9 Å². The Labute approximate surface area is 274 Å². The van der Waals surface area contributed by atoms with E-state index in [4.69, 9.17) is 8.75 Å². The van der Waals surface area contributed by atoms with Crippen LogP contribution in [0.15, 0.2) is 84.9 Å². The van der Waals surface area contributed by atoms with Gasteiger partial charge in [0.2, 0.25) is 0 Å². The van der Waals surface area contributed by atoms with Gasteiger partial charge in [-0.25, -0.2) is 4.39 Å². The molecule has 0 N–H and O–H groups in total. The van der Waals surface area contributed by atoms with Crippen LogP contribution in [0.2, 0.25) is 0 Å². The summed E-state index contributed by atoms with van der Waals surface area (Å²) in [5.74, 6) is 0.586. The molecule has 1 atom stereocenters. The highest BCUT2D eigenvalue weighted by atomic mass is 32.1. The van der Waals surface area contributed by atoms with E-state index in [1.807, 2.05) is 12.1 Å². The predicted octanol–water partition coefficient (Wildman–Crippen LogP) is 12.3. The molecular formula is C40H39FN2S2. The van der Waals surface area contributed by atoms with Crippen molar-refractivity contribution in [2.75, 3.05) is 0 Å². The highest BCUT2D eigenvalue weighted by Gasteiger charge is 2.35. The van der Waals surface area contributed by atoms with Crippen LogP contribution in [0.25, 0.3) is 54.2 Å². The Hall–Kier alpha value is -3.67. The summed E-state index contributed by atoms with van der Waals surface area (Å²) in [6.07, 6.45) is 7.05. The van der Waals surface area contributed by atoms with Crippen LogP contribution in [0.5, 0.6) is 0 Å². The van der Waals surface area contributed by atoms with Crippen LogP contribution in [0, 0.1) is 11.7 Å². The van der Waals surface area contributed by atoms with Crippen LogP contribution in [-0.2, 0) is 11.8 Å². The van der Waals surface area contributed by atoms with E-state index >= 15 is 4.39 Å². The third kappa shape index (κ3) is 5.44. The molecule has 0 saturated heterocycles. The first-order valence-electron chi connectivity index (χ1n) is 16.3. The van der Waals surface area contributed by atoms with Crippen molar-refractivity contribution >= 4 is 34.1 Å². The second-order valence-corrected chi connectivity index (χ2v) is 14.6. The first-order valence-corrected chi connectivity index (χ1v) is 17.8. The zero-order chi connectivity index (χ0) is 31.1. The van der Waals surface area contributed by atoms with Crippen molar-refractivity contribution in [2.24, 2.45) is 5.92 Å². The van der Waals surface area contributed by atoms with Crippen LogP contribution in [-0.4, -0.2) is 8.75 Å². The largest absolute Gasteiger partial charge is 0.206 e. The van der Waals surface area contributed by atoms with Crippen LogP contribution in [0.1, 0.15) is 76.5 Å². The van der Waals surface area contributed by atoms with E-state index in [-0.39, 0.29) is 11.2 Å². The Morgan fingerprint density at radius 2 is 1.40 bits per heavy atom. The topological polar surface area (TPSA) is 25.8 Å². The number of unbranched alkanes of at least 4 members (excludes halogenated alkanes) is 1. The van der Waals surface area contributed by atoms with E-state index in [9.17, 15) is 0 Å². The lowest BCUT2D eigenvalue weighted by Crippen LogP contribution is -2.14. The van der Waals surface area contributed by atoms with Gasteiger partial charge in [-0.3, -0.25) is 0 Å². The number of hydrogen-bond acceptors (Lipinski definition) is 4. The number of nitrogens with zero attached hydrogens (tertiary/aromatic N) is 2. The maximum Gasteiger partial charge on any atom is 0.132 e. The van der Waals surface area contributed by atoms with Gasteiger partial charge >= 0.3 is 0 Å². The molecule has 0 spiro atoms. The van der Waals surface area contributed by atoms with E-state index < -0.39 is 0 Å². The van der Waals surface area contributed by atoms with Crippen molar-refractivity contribution in [3.63, 3.8) is 0 Å². The minimum absolute atomic E-state index is 0.0608. The summed E-state index contributed by atoms with van der Waals surface area (Å²) < 4.78 is 24.9. The first-order chi connectivity index (χ1) is 21.9. The second kappa shape index (κ2) is 12.3. The summed E-state index contributed by atoms with van der Waals surface area (Å²) in [5, 5.41) is 0. The molecule has 1 aliphatic rings. The lowest BCUT2D eigenvalue weighted by molar-refractivity contribution is 0.421. The molecule has 2 nitrogen and oxygen atoms in total. The second-order valence-electron chi connectivity index (χ2n) is 13.0. The standard InChI is InChI=1S/C40H39FN2S2/c1-5-7-10-25(6-2)13-14-26-15-17-31(35(41)23-26)36-21-22-37(44-36)32-20-19-28(38-39(32)43-45-42-38)27-16-18-30-29-11-8-9-12-33(29)40(3,4)34(30)24-27/h8-9,11-12,15-25H,5-7,10,13-14H2,1-4H3. The van der Waals surface area contributed by atoms with Gasteiger partial charge in [-0.2, -0.15) is 8.75 Å². The molecular weight excluding hydrogens is 592 g/mol. The van der Waals surface area contributed by atoms with Gasteiger partial charge in [-0.15, -0.1) is 11.3 Å². The number of thiophene rings is 1. The summed E-state index contributed by atoms with van der Waals surface area (Å²) in [5.41, 5.74) is 12.2. The molecule has 0 radical (unpaired) electrons. The Kier molecular flexibility index (Phi) is 8.18. The Morgan fingerprint density at radius 1 is 0.711 bits per heavy atom. The molecule has 0 saturated carbocycles. The average molecular weight is 631 g/mol. The van der Waals surface area contributed by atoms with Gasteiger partial charge in [-0.1, -0.05) is 114 Å². The third-order valence-corrected chi connectivity index (χ3v) is 11.5. The highest BCUT2D eigenvalue weighted by molar-refractivity contribution is 7.19. The number of aryl methyl sites for hydroxylation is 1. The summed E-state index contributed by atoms with van der Waals surface area (Å²) in [6.45, 7) is 9.14. The summed E-state index contributed by atoms with van der Waals surface area (Å²) in [6, 6.07) is 29.8. The molecule has 45 heavy (non-hydrogen) atoms. The van der Waals surface area contributed by atoms with E-state index in [1.54, 1.807) is 17.4 Å². The lowest BCUT2D eigenvalue weighted by atomic mass is 9.81. The van der Waals surface area contributed by atoms with Gasteiger partial charge in [-0.05, 0) is 76.4 Å². The summed E-state index contributed by atoms with van der Waals surface area (Å²) >= 11 is 2.87. The molecule has 4 aromatic carbocycles. The maximum absolute atomic E-state index is 15.4. The zero-order valence-corrected chi connectivity index (χ0v) is 28.1. The fraction of sp³-hybridized carbons (Fsp3) is 0.300. The van der Waals surface area contributed by atoms with Crippen molar-refractivity contribution in [1.82, 2.24) is 8.75 Å². The van der Waals surface area contributed by atoms with Gasteiger partial charge in [0.1, 0.15) is 16.9 Å². The van der Waals surface area contributed by atoms with Crippen LogP contribution >= 0.6 is 23.1 Å². The van der Waals surface area contributed by atoms with E-state index in [0.717, 1.165) is 61.8 Å². The minimum Gasteiger partial charge on any atom is -0.206 e. The van der Waals surface area contributed by atoms with Crippen LogP contribution in [0.3, 0.4) is 0 Å². The Bertz CT molecular complexity index is 2000. The quantitative estimate of drug-likeness (QED) is 0.150. The van der Waals surface area contributed by atoms with Crippen molar-refractivity contribution < 1.29 is 4.39 Å². The molecule has 1 aliphatic carbocycles. The molecule has 1 unspecified atom stereocenters. The Morgan fingerprint density at radius 3 is 2.18 bits per heavy atom. The molecule has 0 amide bonds. The van der Waals surface area contributed by atoms with Crippen LogP contribution < -0.4 is 0 Å². The van der Waals surface area contributed by atoms with Gasteiger partial charge in [0.15, 0.2) is 0 Å². The monoisotopic (exact) mass is 630 g/mol. The predicted molar refractivity (Wildman–Crippen MR) is 191 cm³/mol. The van der Waals surface area contributed by atoms with Gasteiger partial charge in [0.25, 0.3) is 0 Å². The summed E-state index contributed by atoms with van der Waals surface area (Å²) in [7, 11) is 0. The summed E-state index contributed by atoms with van der Waals surface area (Å²) in [4.78, 5) is 2.01. The van der Waals surface area contributed by atoms with Crippen molar-refractivity contribution in [2.45, 2.75) is 71.6 Å². The molecule has 0 fully saturated rings. The third-order valence-electron chi connectivity index (χ3n) is 9.86. The lowest BCUT2D eigenvalue weighted by Gasteiger charge is -2.22. The SMILES string of the molecule is CCCCC(CC)CCc1ccc(-c2ccc(-c3ccc(-c4ccc5c(c4)C(C)(C)c4ccccc4-5)c4nsnc34)s2)c(F)c1. The number of halogens is 1. The molecule has 228 valence electrons. The van der Waals surface area contributed by atoms with Gasteiger partial charge in [0.05, 0.1) is 11.7 Å². The average Bonchev–Trinajstić information content (AvgIpc) is 3.79. The minimum atomic E-state index is -0.139. The van der Waals surface area contributed by atoms with Crippen molar-refractivity contribution in [1.29, 1.82) is 0 Å². The molecule has 6 aromatic rings. The normalized spacial score (nSPS) is 14.1. The zero-order valence-electron chi connectivity index (χ0n) is 26.5. The highest BCUT2D eigenvalue weighted by Crippen LogP contribution is 2.50. The van der Waals surface area contributed by atoms with Crippen molar-refractivity contribution in [3.05, 3.63) is 107 Å². The van der Waals surface area contributed by atoms with Crippen LogP contribution in [0.4, 0.5) is 4.39 Å². The van der Waals surface area contributed by atoms with Crippen molar-refractivity contribution in [3.8, 4) is 43.1 Å². The smallest absolute Gasteiger partial charge is 0.132 e. The fourth-order valence-electron chi connectivity index (χ4n) is 7.13. The molecule has 0 aliphatic heterocycles. The molecule has 2 aromatic heterocycles. The molecule has 0 bridgehead atoms. The Balaban J connectivity index is 1.16. The molecule has 2 heterocycles. The molecule has 7 rings (SSSR count). The number of rotatable bonds is 10. The maximum atomic E-state index is 15.4. The van der Waals surface area contributed by atoms with E-state index in [2.05, 4.69) is 94.4 Å². The first kappa shape index (κ1) is 30.0. The van der Waals surface area contributed by atoms with E-state index in [1.165, 1.54) is 59.7 Å². The number of fused-ring (bicyclic) bond motifs is 4. The number of benzene rings is 4. The van der Waals surface area contributed by atoms with E-state index in [0.29, 0.717) is 5.56 Å². The number of hydrogen-bond donors (Lipinski definition) is 0. The molecule has 5 heteroatoms.